The molecule has 0 aromatic carbocycles. The van der Waals surface area contributed by atoms with Crippen molar-refractivity contribution in [2.24, 2.45) is 5.92 Å². The second-order valence-electron chi connectivity index (χ2n) is 5.83. The molecular weight excluding hydrogens is 340 g/mol. The smallest absolute Gasteiger partial charge is 0.162 e. The Kier molecular flexibility index (Phi) is 5.43. The van der Waals surface area contributed by atoms with E-state index in [0.29, 0.717) is 17.7 Å². The molecule has 3 nitrogen and oxygen atoms in total. The van der Waals surface area contributed by atoms with Gasteiger partial charge in [0.15, 0.2) is 5.82 Å². The number of aromatic nitrogens is 2. The highest BCUT2D eigenvalue weighted by atomic mass is 79.9. The van der Waals surface area contributed by atoms with Crippen molar-refractivity contribution in [3.05, 3.63) is 21.1 Å². The van der Waals surface area contributed by atoms with Gasteiger partial charge in [-0.3, -0.25) is 0 Å². The highest BCUT2D eigenvalue weighted by Gasteiger charge is 2.40. The number of hydrogen-bond donors (Lipinski definition) is 0. The van der Waals surface area contributed by atoms with Gasteiger partial charge < -0.3 is 4.74 Å². The van der Waals surface area contributed by atoms with Crippen molar-refractivity contribution >= 4 is 27.5 Å². The van der Waals surface area contributed by atoms with E-state index in [4.69, 9.17) is 21.3 Å². The fourth-order valence-electron chi connectivity index (χ4n) is 2.84. The van der Waals surface area contributed by atoms with Crippen LogP contribution in [0.5, 0.6) is 0 Å². The fourth-order valence-corrected chi connectivity index (χ4v) is 3.37. The Morgan fingerprint density at radius 3 is 2.50 bits per heavy atom. The predicted octanol–water partition coefficient (Wildman–Crippen LogP) is 4.90. The number of rotatable bonds is 5. The minimum absolute atomic E-state index is 0.329. The van der Waals surface area contributed by atoms with E-state index < -0.39 is 0 Å². The van der Waals surface area contributed by atoms with Crippen LogP contribution < -0.4 is 0 Å². The zero-order valence-corrected chi connectivity index (χ0v) is 14.7. The van der Waals surface area contributed by atoms with Gasteiger partial charge in [-0.2, -0.15) is 0 Å². The van der Waals surface area contributed by atoms with Gasteiger partial charge in [-0.25, -0.2) is 9.97 Å². The third-order valence-electron chi connectivity index (χ3n) is 3.72. The van der Waals surface area contributed by atoms with Crippen molar-refractivity contribution in [1.82, 2.24) is 9.97 Å². The SMILES string of the molecule is CCOC1(c2nc(Cl)c(Br)c(CC(C)C)n2)CCCC1. The van der Waals surface area contributed by atoms with Crippen molar-refractivity contribution in [2.75, 3.05) is 6.61 Å². The summed E-state index contributed by atoms with van der Waals surface area (Å²) in [6, 6.07) is 0. The Balaban J connectivity index is 2.42. The molecule has 0 radical (unpaired) electrons. The molecule has 1 aliphatic rings. The molecule has 1 fully saturated rings. The third-order valence-corrected chi connectivity index (χ3v) is 5.06. The van der Waals surface area contributed by atoms with Gasteiger partial charge in [0.05, 0.1) is 10.2 Å². The summed E-state index contributed by atoms with van der Waals surface area (Å²) in [7, 11) is 0. The quantitative estimate of drug-likeness (QED) is 0.700. The van der Waals surface area contributed by atoms with Crippen LogP contribution in [-0.2, 0) is 16.8 Å². The van der Waals surface area contributed by atoms with Crippen LogP contribution in [-0.4, -0.2) is 16.6 Å². The Morgan fingerprint density at radius 2 is 1.95 bits per heavy atom. The predicted molar refractivity (Wildman–Crippen MR) is 85.1 cm³/mol. The van der Waals surface area contributed by atoms with E-state index in [1.165, 1.54) is 0 Å². The molecule has 0 saturated heterocycles. The van der Waals surface area contributed by atoms with Gasteiger partial charge >= 0.3 is 0 Å². The number of nitrogens with zero attached hydrogens (tertiary/aromatic N) is 2. The van der Waals surface area contributed by atoms with Crippen LogP contribution in [0.4, 0.5) is 0 Å². The van der Waals surface area contributed by atoms with Crippen molar-refractivity contribution in [1.29, 1.82) is 0 Å². The van der Waals surface area contributed by atoms with Crippen molar-refractivity contribution in [3.8, 4) is 0 Å². The van der Waals surface area contributed by atoms with Gasteiger partial charge in [0.2, 0.25) is 0 Å². The molecule has 20 heavy (non-hydrogen) atoms. The highest BCUT2D eigenvalue weighted by molar-refractivity contribution is 9.10. The van der Waals surface area contributed by atoms with Crippen LogP contribution in [0, 0.1) is 5.92 Å². The van der Waals surface area contributed by atoms with Crippen LogP contribution in [0.2, 0.25) is 5.15 Å². The molecule has 0 N–H and O–H groups in total. The van der Waals surface area contributed by atoms with Gasteiger partial charge in [0, 0.05) is 6.61 Å². The number of ether oxygens (including phenoxy) is 1. The second kappa shape index (κ2) is 6.71. The van der Waals surface area contributed by atoms with E-state index in [9.17, 15) is 0 Å². The highest BCUT2D eigenvalue weighted by Crippen LogP contribution is 2.41. The molecule has 0 spiro atoms. The van der Waals surface area contributed by atoms with Crippen molar-refractivity contribution < 1.29 is 4.74 Å². The maximum absolute atomic E-state index is 6.29. The molecule has 2 rings (SSSR count). The van der Waals surface area contributed by atoms with Gasteiger partial charge in [-0.1, -0.05) is 25.4 Å². The lowest BCUT2D eigenvalue weighted by Crippen LogP contribution is -2.29. The first-order valence-corrected chi connectivity index (χ1v) is 8.52. The number of hydrogen-bond acceptors (Lipinski definition) is 3. The molecule has 1 saturated carbocycles. The second-order valence-corrected chi connectivity index (χ2v) is 6.98. The fraction of sp³-hybridized carbons (Fsp3) is 0.733. The molecule has 0 atom stereocenters. The molecule has 0 bridgehead atoms. The molecular formula is C15H22BrClN2O. The summed E-state index contributed by atoms with van der Waals surface area (Å²) >= 11 is 9.80. The molecule has 0 amide bonds. The Labute approximate surface area is 134 Å². The van der Waals surface area contributed by atoms with Crippen molar-refractivity contribution in [2.45, 2.75) is 58.5 Å². The lowest BCUT2D eigenvalue weighted by molar-refractivity contribution is -0.0458. The summed E-state index contributed by atoms with van der Waals surface area (Å²) in [6.07, 6.45) is 5.19. The van der Waals surface area contributed by atoms with E-state index in [1.807, 2.05) is 6.92 Å². The maximum Gasteiger partial charge on any atom is 0.162 e. The zero-order chi connectivity index (χ0) is 14.8. The first-order valence-electron chi connectivity index (χ1n) is 7.35. The summed E-state index contributed by atoms with van der Waals surface area (Å²) in [5.74, 6) is 1.29. The first kappa shape index (κ1) is 16.2. The van der Waals surface area contributed by atoms with Crippen LogP contribution >= 0.6 is 27.5 Å². The minimum Gasteiger partial charge on any atom is -0.367 e. The minimum atomic E-state index is -0.329. The van der Waals surface area contributed by atoms with Crippen LogP contribution in [0.15, 0.2) is 4.47 Å². The molecule has 0 unspecified atom stereocenters. The van der Waals surface area contributed by atoms with Gasteiger partial charge in [-0.15, -0.1) is 0 Å². The Morgan fingerprint density at radius 1 is 1.30 bits per heavy atom. The molecule has 1 heterocycles. The topological polar surface area (TPSA) is 35.0 Å². The van der Waals surface area contributed by atoms with E-state index >= 15 is 0 Å². The molecule has 5 heteroatoms. The largest absolute Gasteiger partial charge is 0.367 e. The summed E-state index contributed by atoms with van der Waals surface area (Å²) in [5, 5.41) is 0.497. The van der Waals surface area contributed by atoms with Crippen molar-refractivity contribution in [3.63, 3.8) is 0 Å². The van der Waals surface area contributed by atoms with E-state index in [0.717, 1.165) is 48.1 Å². The Hall–Kier alpha value is -0.190. The summed E-state index contributed by atoms with van der Waals surface area (Å²) in [5.41, 5.74) is 0.658. The molecule has 1 aromatic rings. The monoisotopic (exact) mass is 360 g/mol. The molecule has 0 aliphatic heterocycles. The van der Waals surface area contributed by atoms with Gasteiger partial charge in [-0.05, 0) is 60.9 Å². The standard InChI is InChI=1S/C15H22BrClN2O/c1-4-20-15(7-5-6-8-15)14-18-11(9-10(2)3)12(16)13(17)19-14/h10H,4-9H2,1-3H3. The lowest BCUT2D eigenvalue weighted by atomic mass is 10.00. The van der Waals surface area contributed by atoms with Gasteiger partial charge in [0.1, 0.15) is 10.8 Å². The molecule has 112 valence electrons. The number of halogens is 2. The summed E-state index contributed by atoms with van der Waals surface area (Å²) in [6.45, 7) is 7.05. The van der Waals surface area contributed by atoms with Crippen LogP contribution in [0.3, 0.4) is 0 Å². The van der Waals surface area contributed by atoms with Gasteiger partial charge in [0.25, 0.3) is 0 Å². The summed E-state index contributed by atoms with van der Waals surface area (Å²) < 4.78 is 6.85. The normalized spacial score (nSPS) is 17.9. The first-order chi connectivity index (χ1) is 9.48. The average molecular weight is 362 g/mol. The van der Waals surface area contributed by atoms with Crippen LogP contribution in [0.1, 0.15) is 58.0 Å². The van der Waals surface area contributed by atoms with E-state index in [2.05, 4.69) is 34.8 Å². The zero-order valence-electron chi connectivity index (χ0n) is 12.4. The van der Waals surface area contributed by atoms with E-state index in [-0.39, 0.29) is 5.60 Å². The Bertz CT molecular complexity index is 473. The molecule has 1 aliphatic carbocycles. The van der Waals surface area contributed by atoms with Crippen LogP contribution in [0.25, 0.3) is 0 Å². The molecule has 1 aromatic heterocycles. The summed E-state index contributed by atoms with van der Waals surface area (Å²) in [4.78, 5) is 9.27. The maximum atomic E-state index is 6.29. The average Bonchev–Trinajstić information content (AvgIpc) is 2.84. The third kappa shape index (κ3) is 3.34. The van der Waals surface area contributed by atoms with E-state index in [1.54, 1.807) is 0 Å². The lowest BCUT2D eigenvalue weighted by Gasteiger charge is -2.28.